The van der Waals surface area contributed by atoms with Crippen LogP contribution in [-0.4, -0.2) is 15.8 Å². The van der Waals surface area contributed by atoms with Gasteiger partial charge in [0.25, 0.3) is 5.88 Å². The molecule has 7 nitrogen and oxygen atoms in total. The van der Waals surface area contributed by atoms with Gasteiger partial charge in [0.05, 0.1) is 10.5 Å². The van der Waals surface area contributed by atoms with Gasteiger partial charge in [-0.1, -0.05) is 12.1 Å². The number of aromatic nitrogens is 1. The van der Waals surface area contributed by atoms with Crippen LogP contribution in [0.25, 0.3) is 0 Å². The summed E-state index contributed by atoms with van der Waals surface area (Å²) in [5.41, 5.74) is 0.0412. The number of aryl methyl sites for hydroxylation is 1. The number of halogens is 3. The first-order valence-electron chi connectivity index (χ1n) is 9.06. The van der Waals surface area contributed by atoms with Crippen molar-refractivity contribution in [1.29, 1.82) is 0 Å². The van der Waals surface area contributed by atoms with Gasteiger partial charge in [0.1, 0.15) is 5.75 Å². The Kier molecular flexibility index (Phi) is 6.49. The summed E-state index contributed by atoms with van der Waals surface area (Å²) in [7, 11) is 0. The lowest BCUT2D eigenvalue weighted by molar-refractivity contribution is -0.386. The van der Waals surface area contributed by atoms with E-state index in [4.69, 9.17) is 4.74 Å². The van der Waals surface area contributed by atoms with Crippen LogP contribution < -0.4 is 10.1 Å². The number of nitrogens with one attached hydrogen (secondary N) is 1. The maximum Gasteiger partial charge on any atom is 0.416 e. The Morgan fingerprint density at radius 2 is 1.74 bits per heavy atom. The highest BCUT2D eigenvalue weighted by Gasteiger charge is 2.30. The molecule has 0 radical (unpaired) electrons. The molecule has 3 rings (SSSR count). The van der Waals surface area contributed by atoms with Crippen molar-refractivity contribution in [3.8, 4) is 11.6 Å². The number of benzene rings is 2. The van der Waals surface area contributed by atoms with Gasteiger partial charge in [-0.25, -0.2) is 4.98 Å². The smallest absolute Gasteiger partial charge is 0.416 e. The zero-order valence-corrected chi connectivity index (χ0v) is 15.9. The fourth-order valence-electron chi connectivity index (χ4n) is 2.66. The van der Waals surface area contributed by atoms with Gasteiger partial charge in [0.2, 0.25) is 5.91 Å². The normalized spacial score (nSPS) is 11.1. The van der Waals surface area contributed by atoms with Crippen molar-refractivity contribution in [2.24, 2.45) is 0 Å². The molecule has 0 spiro atoms. The van der Waals surface area contributed by atoms with E-state index in [0.29, 0.717) is 12.2 Å². The Balaban J connectivity index is 1.53. The van der Waals surface area contributed by atoms with Crippen LogP contribution in [0.15, 0.2) is 66.9 Å². The van der Waals surface area contributed by atoms with E-state index in [2.05, 4.69) is 10.3 Å². The maximum atomic E-state index is 12.6. The fraction of sp³-hybridized carbons (Fsp3) is 0.143. The third kappa shape index (κ3) is 6.01. The number of hydrogen-bond acceptors (Lipinski definition) is 5. The summed E-state index contributed by atoms with van der Waals surface area (Å²) in [5.74, 6) is -0.125. The number of alkyl halides is 3. The molecule has 0 aliphatic carbocycles. The summed E-state index contributed by atoms with van der Waals surface area (Å²) < 4.78 is 43.2. The van der Waals surface area contributed by atoms with E-state index in [1.165, 1.54) is 30.5 Å². The second-order valence-corrected chi connectivity index (χ2v) is 6.45. The molecular formula is C21H16F3N3O4. The van der Waals surface area contributed by atoms with Gasteiger partial charge in [0, 0.05) is 24.4 Å². The Hall–Kier alpha value is -3.95. The number of ether oxygens (including phenoxy) is 1. The molecule has 10 heteroatoms. The number of carbonyl (C=O) groups excluding carboxylic acids is 1. The van der Waals surface area contributed by atoms with E-state index in [1.54, 1.807) is 24.3 Å². The van der Waals surface area contributed by atoms with Crippen LogP contribution in [0.5, 0.6) is 11.6 Å². The van der Waals surface area contributed by atoms with Crippen LogP contribution in [-0.2, 0) is 17.4 Å². The van der Waals surface area contributed by atoms with Crippen LogP contribution >= 0.6 is 0 Å². The van der Waals surface area contributed by atoms with E-state index in [0.717, 1.165) is 17.7 Å². The summed E-state index contributed by atoms with van der Waals surface area (Å²) in [4.78, 5) is 26.3. The molecule has 31 heavy (non-hydrogen) atoms. The van der Waals surface area contributed by atoms with Crippen molar-refractivity contribution in [2.75, 3.05) is 5.32 Å². The maximum absolute atomic E-state index is 12.6. The molecule has 0 aliphatic heterocycles. The van der Waals surface area contributed by atoms with Crippen molar-refractivity contribution in [1.82, 2.24) is 4.98 Å². The molecule has 160 valence electrons. The first kappa shape index (κ1) is 21.8. The zero-order chi connectivity index (χ0) is 22.4. The summed E-state index contributed by atoms with van der Waals surface area (Å²) >= 11 is 0. The Bertz CT molecular complexity index is 1070. The lowest BCUT2D eigenvalue weighted by Crippen LogP contribution is -2.12. The Labute approximate surface area is 174 Å². The van der Waals surface area contributed by atoms with E-state index in [9.17, 15) is 28.1 Å². The van der Waals surface area contributed by atoms with Gasteiger partial charge < -0.3 is 10.1 Å². The van der Waals surface area contributed by atoms with Crippen LogP contribution in [0.3, 0.4) is 0 Å². The van der Waals surface area contributed by atoms with Crippen LogP contribution in [0.2, 0.25) is 0 Å². The number of nitrogens with zero attached hydrogens (tertiary/aromatic N) is 2. The molecule has 1 aromatic heterocycles. The quantitative estimate of drug-likeness (QED) is 0.401. The summed E-state index contributed by atoms with van der Waals surface area (Å²) in [5, 5.41) is 13.6. The summed E-state index contributed by atoms with van der Waals surface area (Å²) in [6, 6.07) is 13.5. The average molecular weight is 431 g/mol. The van der Waals surface area contributed by atoms with E-state index < -0.39 is 16.7 Å². The molecule has 1 N–H and O–H groups in total. The molecule has 0 fully saturated rings. The minimum atomic E-state index is -4.43. The fourth-order valence-corrected chi connectivity index (χ4v) is 2.66. The molecule has 0 bridgehead atoms. The van der Waals surface area contributed by atoms with Gasteiger partial charge in [0.15, 0.2) is 0 Å². The first-order chi connectivity index (χ1) is 14.7. The lowest BCUT2D eigenvalue weighted by atomic mass is 10.1. The molecule has 3 aromatic rings. The van der Waals surface area contributed by atoms with Gasteiger partial charge in [-0.15, -0.1) is 0 Å². The number of pyridine rings is 1. The number of nitro groups is 1. The molecule has 0 saturated heterocycles. The highest BCUT2D eigenvalue weighted by atomic mass is 19.4. The first-order valence-corrected chi connectivity index (χ1v) is 9.06. The largest absolute Gasteiger partial charge is 0.434 e. The molecule has 2 aromatic carbocycles. The van der Waals surface area contributed by atoms with Crippen LogP contribution in [0.1, 0.15) is 17.5 Å². The van der Waals surface area contributed by atoms with E-state index >= 15 is 0 Å². The number of carbonyl (C=O) groups is 1. The van der Waals surface area contributed by atoms with Crippen LogP contribution in [0.4, 0.5) is 24.5 Å². The summed E-state index contributed by atoms with van der Waals surface area (Å²) in [6.07, 6.45) is -2.55. The number of anilines is 1. The minimum absolute atomic E-state index is 0.118. The van der Waals surface area contributed by atoms with Crippen molar-refractivity contribution < 1.29 is 27.6 Å². The summed E-state index contributed by atoms with van der Waals surface area (Å²) in [6.45, 7) is 0. The molecule has 0 aliphatic rings. The van der Waals surface area contributed by atoms with Crippen LogP contribution in [0, 0.1) is 10.1 Å². The average Bonchev–Trinajstić information content (AvgIpc) is 2.73. The highest BCUT2D eigenvalue weighted by molar-refractivity contribution is 5.90. The highest BCUT2D eigenvalue weighted by Crippen LogP contribution is 2.30. The van der Waals surface area contributed by atoms with Gasteiger partial charge in [-0.05, 0) is 54.4 Å². The van der Waals surface area contributed by atoms with E-state index in [-0.39, 0.29) is 29.6 Å². The van der Waals surface area contributed by atoms with Crippen molar-refractivity contribution >= 4 is 17.3 Å². The Morgan fingerprint density at radius 3 is 2.35 bits per heavy atom. The zero-order valence-electron chi connectivity index (χ0n) is 15.9. The number of rotatable bonds is 7. The third-order valence-electron chi connectivity index (χ3n) is 4.22. The lowest BCUT2D eigenvalue weighted by Gasteiger charge is -2.09. The van der Waals surface area contributed by atoms with Crippen molar-refractivity contribution in [3.05, 3.63) is 88.1 Å². The second-order valence-electron chi connectivity index (χ2n) is 6.45. The molecular weight excluding hydrogens is 415 g/mol. The molecule has 0 unspecified atom stereocenters. The SMILES string of the molecule is O=C(CCc1ccc(Oc2ncccc2[N+](=O)[O-])cc1)Nc1ccc(C(F)(F)F)cc1. The predicted molar refractivity (Wildman–Crippen MR) is 106 cm³/mol. The second kappa shape index (κ2) is 9.24. The molecule has 0 saturated carbocycles. The molecule has 0 atom stereocenters. The molecule has 1 heterocycles. The third-order valence-corrected chi connectivity index (χ3v) is 4.22. The van der Waals surface area contributed by atoms with Gasteiger partial charge >= 0.3 is 11.9 Å². The number of amides is 1. The van der Waals surface area contributed by atoms with E-state index in [1.807, 2.05) is 0 Å². The van der Waals surface area contributed by atoms with Crippen molar-refractivity contribution in [2.45, 2.75) is 19.0 Å². The number of hydrogen-bond donors (Lipinski definition) is 1. The minimum Gasteiger partial charge on any atom is -0.434 e. The van der Waals surface area contributed by atoms with Gasteiger partial charge in [-0.2, -0.15) is 13.2 Å². The predicted octanol–water partition coefficient (Wildman–Crippen LogP) is 5.37. The van der Waals surface area contributed by atoms with Crippen molar-refractivity contribution in [3.63, 3.8) is 0 Å². The van der Waals surface area contributed by atoms with Gasteiger partial charge in [-0.3, -0.25) is 14.9 Å². The Morgan fingerprint density at radius 1 is 1.06 bits per heavy atom. The standard InChI is InChI=1S/C21H16F3N3O4/c22-21(23,24)15-6-8-16(9-7-15)26-19(28)12-5-14-3-10-17(11-4-14)31-20-18(27(29)30)2-1-13-25-20/h1-4,6-11,13H,5,12H2,(H,26,28). The topological polar surface area (TPSA) is 94.4 Å². The molecule has 1 amide bonds. The monoisotopic (exact) mass is 431 g/mol.